The molecule has 0 aliphatic heterocycles. The summed E-state index contributed by atoms with van der Waals surface area (Å²) in [4.78, 5) is 0. The van der Waals surface area contributed by atoms with Crippen LogP contribution in [0.15, 0.2) is 18.3 Å². The van der Waals surface area contributed by atoms with Gasteiger partial charge in [-0.05, 0) is 29.5 Å². The van der Waals surface area contributed by atoms with Crippen LogP contribution in [0.25, 0.3) is 5.65 Å². The highest BCUT2D eigenvalue weighted by Gasteiger charge is 2.04. The zero-order valence-electron chi connectivity index (χ0n) is 10.1. The molecule has 1 N–H and O–H groups in total. The van der Waals surface area contributed by atoms with Crippen molar-refractivity contribution in [3.05, 3.63) is 29.6 Å². The number of hydrogen-bond donors (Lipinski definition) is 1. The van der Waals surface area contributed by atoms with Gasteiger partial charge >= 0.3 is 0 Å². The van der Waals surface area contributed by atoms with E-state index in [-0.39, 0.29) is 0 Å². The predicted octanol–water partition coefficient (Wildman–Crippen LogP) is 0.173. The van der Waals surface area contributed by atoms with Crippen LogP contribution in [0.2, 0.25) is 0 Å². The van der Waals surface area contributed by atoms with Crippen molar-refractivity contribution in [2.24, 2.45) is 7.05 Å². The van der Waals surface area contributed by atoms with E-state index in [0.717, 1.165) is 17.1 Å². The average Bonchev–Trinajstić information content (AvgIpc) is 2.92. The molecule has 8 nitrogen and oxygen atoms in total. The van der Waals surface area contributed by atoms with Crippen molar-refractivity contribution in [3.63, 3.8) is 0 Å². The van der Waals surface area contributed by atoms with Crippen LogP contribution < -0.4 is 5.32 Å². The third kappa shape index (κ3) is 1.88. The van der Waals surface area contributed by atoms with E-state index >= 15 is 0 Å². The minimum Gasteiger partial charge on any atom is -0.364 e. The van der Waals surface area contributed by atoms with Crippen molar-refractivity contribution >= 4 is 11.5 Å². The van der Waals surface area contributed by atoms with E-state index < -0.39 is 0 Å². The van der Waals surface area contributed by atoms with Crippen molar-refractivity contribution in [3.8, 4) is 0 Å². The molecule has 8 heteroatoms. The van der Waals surface area contributed by atoms with Gasteiger partial charge < -0.3 is 5.32 Å². The second-order valence-corrected chi connectivity index (χ2v) is 4.01. The van der Waals surface area contributed by atoms with Gasteiger partial charge in [-0.15, -0.1) is 14.8 Å². The molecule has 3 aromatic rings. The van der Waals surface area contributed by atoms with Crippen LogP contribution in [0.4, 0.5) is 5.82 Å². The summed E-state index contributed by atoms with van der Waals surface area (Å²) in [5.74, 6) is 0.720. The first-order chi connectivity index (χ1) is 8.72. The Morgan fingerprint density at radius 2 is 2.17 bits per heavy atom. The van der Waals surface area contributed by atoms with Crippen LogP contribution in [0.5, 0.6) is 0 Å². The number of rotatable bonds is 3. The fourth-order valence-corrected chi connectivity index (χ4v) is 1.75. The van der Waals surface area contributed by atoms with Gasteiger partial charge in [-0.3, -0.25) is 4.68 Å². The normalized spacial score (nSPS) is 11.0. The lowest BCUT2D eigenvalue weighted by molar-refractivity contribution is 0.734. The summed E-state index contributed by atoms with van der Waals surface area (Å²) < 4.78 is 3.18. The number of fused-ring (bicyclic) bond motifs is 1. The van der Waals surface area contributed by atoms with Gasteiger partial charge in [-0.1, -0.05) is 0 Å². The van der Waals surface area contributed by atoms with Crippen LogP contribution in [-0.2, 0) is 13.6 Å². The first kappa shape index (κ1) is 10.6. The van der Waals surface area contributed by atoms with Crippen LogP contribution in [0.3, 0.4) is 0 Å². The molecule has 92 valence electrons. The Morgan fingerprint density at radius 3 is 2.94 bits per heavy atom. The highest BCUT2D eigenvalue weighted by molar-refractivity contribution is 5.42. The van der Waals surface area contributed by atoms with Crippen molar-refractivity contribution in [1.29, 1.82) is 0 Å². The maximum atomic E-state index is 4.28. The summed E-state index contributed by atoms with van der Waals surface area (Å²) >= 11 is 0. The van der Waals surface area contributed by atoms with Crippen molar-refractivity contribution < 1.29 is 0 Å². The molecule has 3 heterocycles. The second kappa shape index (κ2) is 4.06. The molecule has 0 amide bonds. The lowest BCUT2D eigenvalue weighted by Gasteiger charge is -2.03. The molecule has 0 unspecified atom stereocenters. The highest BCUT2D eigenvalue weighted by Crippen LogP contribution is 2.09. The molecule has 0 saturated carbocycles. The highest BCUT2D eigenvalue weighted by atomic mass is 15.6. The SMILES string of the molecule is Cc1nn(C)cc1CNc1ccc2nnnn2n1. The van der Waals surface area contributed by atoms with Crippen molar-refractivity contribution in [2.45, 2.75) is 13.5 Å². The van der Waals surface area contributed by atoms with Gasteiger partial charge in [0.25, 0.3) is 0 Å². The van der Waals surface area contributed by atoms with E-state index in [9.17, 15) is 0 Å². The Balaban J connectivity index is 1.78. The summed E-state index contributed by atoms with van der Waals surface area (Å²) in [6, 6.07) is 3.66. The molecule has 0 bridgehead atoms. The van der Waals surface area contributed by atoms with E-state index in [0.29, 0.717) is 12.2 Å². The van der Waals surface area contributed by atoms with E-state index in [1.165, 1.54) is 4.63 Å². The van der Waals surface area contributed by atoms with Gasteiger partial charge in [0.15, 0.2) is 5.65 Å². The lowest BCUT2D eigenvalue weighted by Crippen LogP contribution is -2.05. The maximum absolute atomic E-state index is 4.28. The van der Waals surface area contributed by atoms with Crippen molar-refractivity contribution in [2.75, 3.05) is 5.32 Å². The first-order valence-corrected chi connectivity index (χ1v) is 5.51. The predicted molar refractivity (Wildman–Crippen MR) is 63.8 cm³/mol. The van der Waals surface area contributed by atoms with Crippen LogP contribution in [0.1, 0.15) is 11.3 Å². The molecule has 0 aromatic carbocycles. The molecule has 0 aliphatic carbocycles. The third-order valence-corrected chi connectivity index (χ3v) is 2.64. The topological polar surface area (TPSA) is 85.8 Å². The molecule has 3 aromatic heterocycles. The second-order valence-electron chi connectivity index (χ2n) is 4.01. The first-order valence-electron chi connectivity index (χ1n) is 5.51. The fourth-order valence-electron chi connectivity index (χ4n) is 1.75. The summed E-state index contributed by atoms with van der Waals surface area (Å²) in [6.45, 7) is 2.65. The molecule has 3 rings (SSSR count). The van der Waals surface area contributed by atoms with Gasteiger partial charge in [0.2, 0.25) is 0 Å². The summed E-state index contributed by atoms with van der Waals surface area (Å²) in [5, 5.41) is 22.8. The van der Waals surface area contributed by atoms with Crippen molar-refractivity contribution in [1.82, 2.24) is 35.0 Å². The maximum Gasteiger partial charge on any atom is 0.200 e. The monoisotopic (exact) mass is 244 g/mol. The van der Waals surface area contributed by atoms with Gasteiger partial charge in [0.1, 0.15) is 5.82 Å². The zero-order valence-corrected chi connectivity index (χ0v) is 10.1. The summed E-state index contributed by atoms with van der Waals surface area (Å²) in [5.41, 5.74) is 2.77. The minimum absolute atomic E-state index is 0.623. The molecule has 0 saturated heterocycles. The van der Waals surface area contributed by atoms with E-state index in [1.54, 1.807) is 4.68 Å². The zero-order chi connectivity index (χ0) is 12.5. The number of nitrogens with zero attached hydrogens (tertiary/aromatic N) is 7. The van der Waals surface area contributed by atoms with E-state index in [2.05, 4.69) is 31.0 Å². The Hall–Kier alpha value is -2.51. The number of tetrazole rings is 1. The average molecular weight is 244 g/mol. The van der Waals surface area contributed by atoms with Gasteiger partial charge in [0.05, 0.1) is 5.69 Å². The van der Waals surface area contributed by atoms with Gasteiger partial charge in [-0.25, -0.2) is 0 Å². The van der Waals surface area contributed by atoms with Crippen LogP contribution in [-0.4, -0.2) is 35.0 Å². The Morgan fingerprint density at radius 1 is 1.28 bits per heavy atom. The molecule has 0 radical (unpaired) electrons. The Kier molecular flexibility index (Phi) is 2.40. The molecular weight excluding hydrogens is 232 g/mol. The Labute approximate surface area is 103 Å². The van der Waals surface area contributed by atoms with Crippen LogP contribution in [0, 0.1) is 6.92 Å². The smallest absolute Gasteiger partial charge is 0.200 e. The number of aryl methyl sites for hydroxylation is 2. The third-order valence-electron chi connectivity index (χ3n) is 2.64. The molecule has 0 aliphatic rings. The molecule has 0 spiro atoms. The molecular formula is C10H12N8. The fraction of sp³-hybridized carbons (Fsp3) is 0.300. The standard InChI is InChI=1S/C10H12N8/c1-7-8(6-17(2)13-7)5-11-9-3-4-10-12-15-16-18(10)14-9/h3-4,6H,5H2,1-2H3,(H,11,14). The minimum atomic E-state index is 0.623. The van der Waals surface area contributed by atoms with Gasteiger partial charge in [-0.2, -0.15) is 5.10 Å². The molecule has 0 fully saturated rings. The number of hydrogen-bond acceptors (Lipinski definition) is 6. The summed E-state index contributed by atoms with van der Waals surface area (Å²) in [7, 11) is 1.90. The molecule has 18 heavy (non-hydrogen) atoms. The van der Waals surface area contributed by atoms with E-state index in [1.807, 2.05) is 32.3 Å². The van der Waals surface area contributed by atoms with Gasteiger partial charge in [0, 0.05) is 25.4 Å². The van der Waals surface area contributed by atoms with Crippen LogP contribution >= 0.6 is 0 Å². The molecule has 0 atom stereocenters. The number of anilines is 1. The quantitative estimate of drug-likeness (QED) is 0.707. The Bertz CT molecular complexity index is 682. The van der Waals surface area contributed by atoms with E-state index in [4.69, 9.17) is 0 Å². The number of aromatic nitrogens is 7. The lowest BCUT2D eigenvalue weighted by atomic mass is 10.2. The largest absolute Gasteiger partial charge is 0.364 e. The number of nitrogens with one attached hydrogen (secondary N) is 1. The summed E-state index contributed by atoms with van der Waals surface area (Å²) in [6.07, 6.45) is 1.98.